The van der Waals surface area contributed by atoms with Gasteiger partial charge in [-0.3, -0.25) is 14.4 Å². The number of hydrogen-bond donors (Lipinski definition) is 0. The molecule has 0 heterocycles. The minimum Gasteiger partial charge on any atom is -0.462 e. The average Bonchev–Trinajstić information content (AvgIpc) is 3.23. The summed E-state index contributed by atoms with van der Waals surface area (Å²) < 4.78 is 16.7. The molecular weight excluding hydrogens is 733 g/mol. The molecule has 0 aromatic rings. The number of carbonyl (C=O) groups is 3. The molecule has 0 saturated heterocycles. The van der Waals surface area contributed by atoms with Crippen LogP contribution in [0.1, 0.15) is 226 Å². The van der Waals surface area contributed by atoms with E-state index in [2.05, 4.69) is 93.7 Å². The summed E-state index contributed by atoms with van der Waals surface area (Å²) in [4.78, 5) is 37.7. The first-order valence-corrected chi connectivity index (χ1v) is 24.4. The molecular formula is C53H90O6. The lowest BCUT2D eigenvalue weighted by Gasteiger charge is -2.18. The van der Waals surface area contributed by atoms with Crippen molar-refractivity contribution in [3.05, 3.63) is 72.9 Å². The maximum Gasteiger partial charge on any atom is 0.306 e. The van der Waals surface area contributed by atoms with Crippen LogP contribution in [0.3, 0.4) is 0 Å². The largest absolute Gasteiger partial charge is 0.462 e. The van der Waals surface area contributed by atoms with Crippen LogP contribution in [0.5, 0.6) is 0 Å². The highest BCUT2D eigenvalue weighted by Gasteiger charge is 2.19. The Morgan fingerprint density at radius 1 is 0.356 bits per heavy atom. The molecule has 338 valence electrons. The van der Waals surface area contributed by atoms with Gasteiger partial charge in [-0.2, -0.15) is 0 Å². The van der Waals surface area contributed by atoms with E-state index < -0.39 is 6.10 Å². The van der Waals surface area contributed by atoms with Crippen molar-refractivity contribution in [2.45, 2.75) is 232 Å². The summed E-state index contributed by atoms with van der Waals surface area (Å²) in [6.07, 6.45) is 59.0. The molecule has 0 amide bonds. The standard InChI is InChI=1S/C53H90O6/c1-4-7-10-13-16-18-20-22-24-25-26-27-29-30-32-34-37-40-43-46-52(55)58-49-50(48-57-51(54)45-42-39-36-15-12-9-6-3)59-53(56)47-44-41-38-35-33-31-28-23-21-19-17-14-11-8-5-2/h8,11,16-19,22-24,28,33,35,50H,4-7,9-10,12-15,20-21,25-27,29-32,34,36-49H2,1-3H3/b11-8-,18-16-,19-17-,24-22-,28-23-,35-33-. The van der Waals surface area contributed by atoms with Gasteiger partial charge in [0.05, 0.1) is 0 Å². The van der Waals surface area contributed by atoms with E-state index in [9.17, 15) is 14.4 Å². The molecule has 6 nitrogen and oxygen atoms in total. The summed E-state index contributed by atoms with van der Waals surface area (Å²) in [6, 6.07) is 0. The average molecular weight is 823 g/mol. The van der Waals surface area contributed by atoms with Gasteiger partial charge >= 0.3 is 17.9 Å². The first-order valence-electron chi connectivity index (χ1n) is 24.4. The number of ether oxygens (including phenoxy) is 3. The van der Waals surface area contributed by atoms with E-state index in [1.807, 2.05) is 0 Å². The lowest BCUT2D eigenvalue weighted by Crippen LogP contribution is -2.30. The normalized spacial score (nSPS) is 12.7. The fraction of sp³-hybridized carbons (Fsp3) is 0.717. The predicted octanol–water partition coefficient (Wildman–Crippen LogP) is 15.9. The second-order valence-corrected chi connectivity index (χ2v) is 16.0. The van der Waals surface area contributed by atoms with Gasteiger partial charge in [-0.05, 0) is 89.9 Å². The number of allylic oxidation sites excluding steroid dienone is 12. The summed E-state index contributed by atoms with van der Waals surface area (Å²) >= 11 is 0. The first-order chi connectivity index (χ1) is 29.0. The van der Waals surface area contributed by atoms with E-state index >= 15 is 0 Å². The van der Waals surface area contributed by atoms with Crippen LogP contribution in [0, 0.1) is 0 Å². The number of hydrogen-bond acceptors (Lipinski definition) is 6. The molecule has 0 bridgehead atoms. The fourth-order valence-electron chi connectivity index (χ4n) is 6.52. The number of esters is 3. The van der Waals surface area contributed by atoms with Crippen molar-refractivity contribution in [1.82, 2.24) is 0 Å². The van der Waals surface area contributed by atoms with Gasteiger partial charge in [0, 0.05) is 19.3 Å². The Kier molecular flexibility index (Phi) is 45.0. The van der Waals surface area contributed by atoms with Gasteiger partial charge in [-0.15, -0.1) is 0 Å². The van der Waals surface area contributed by atoms with Gasteiger partial charge in [0.1, 0.15) is 13.2 Å². The Morgan fingerprint density at radius 3 is 1.10 bits per heavy atom. The third-order valence-electron chi connectivity index (χ3n) is 10.2. The molecule has 1 atom stereocenters. The van der Waals surface area contributed by atoms with Crippen LogP contribution < -0.4 is 0 Å². The third-order valence-corrected chi connectivity index (χ3v) is 10.2. The molecule has 0 saturated carbocycles. The van der Waals surface area contributed by atoms with Crippen molar-refractivity contribution in [2.24, 2.45) is 0 Å². The molecule has 0 spiro atoms. The van der Waals surface area contributed by atoms with E-state index in [4.69, 9.17) is 14.2 Å². The number of unbranched alkanes of at least 4 members (excludes halogenated alkanes) is 20. The second kappa shape index (κ2) is 47.5. The summed E-state index contributed by atoms with van der Waals surface area (Å²) in [5.74, 6) is -0.948. The summed E-state index contributed by atoms with van der Waals surface area (Å²) in [7, 11) is 0. The molecule has 0 aromatic heterocycles. The van der Waals surface area contributed by atoms with Crippen LogP contribution in [0.2, 0.25) is 0 Å². The van der Waals surface area contributed by atoms with Crippen molar-refractivity contribution in [2.75, 3.05) is 13.2 Å². The summed E-state index contributed by atoms with van der Waals surface area (Å²) in [5.41, 5.74) is 0. The highest BCUT2D eigenvalue weighted by atomic mass is 16.6. The van der Waals surface area contributed by atoms with Crippen molar-refractivity contribution >= 4 is 17.9 Å². The monoisotopic (exact) mass is 823 g/mol. The van der Waals surface area contributed by atoms with Crippen molar-refractivity contribution < 1.29 is 28.6 Å². The minimum absolute atomic E-state index is 0.0934. The zero-order valence-corrected chi connectivity index (χ0v) is 38.5. The van der Waals surface area contributed by atoms with Crippen molar-refractivity contribution in [1.29, 1.82) is 0 Å². The smallest absolute Gasteiger partial charge is 0.306 e. The molecule has 1 unspecified atom stereocenters. The van der Waals surface area contributed by atoms with Crippen LogP contribution in [0.4, 0.5) is 0 Å². The predicted molar refractivity (Wildman–Crippen MR) is 251 cm³/mol. The molecule has 0 fully saturated rings. The van der Waals surface area contributed by atoms with E-state index in [-0.39, 0.29) is 37.5 Å². The Morgan fingerprint density at radius 2 is 0.661 bits per heavy atom. The van der Waals surface area contributed by atoms with Crippen LogP contribution in [-0.2, 0) is 28.6 Å². The third kappa shape index (κ3) is 45.8. The Bertz CT molecular complexity index is 1130. The van der Waals surface area contributed by atoms with Crippen LogP contribution in [0.15, 0.2) is 72.9 Å². The topological polar surface area (TPSA) is 78.9 Å². The van der Waals surface area contributed by atoms with E-state index in [1.54, 1.807) is 0 Å². The molecule has 0 aliphatic carbocycles. The zero-order chi connectivity index (χ0) is 43.0. The zero-order valence-electron chi connectivity index (χ0n) is 38.5. The SMILES string of the molecule is CC/C=C\C/C=C\C/C=C\C/C=C\CCCCC(=O)OC(COC(=O)CCCCCCCCC)COC(=O)CCCCCCCCCCC/C=C\C/C=C\CCCCC. The van der Waals surface area contributed by atoms with Gasteiger partial charge in [0.15, 0.2) is 6.10 Å². The first kappa shape index (κ1) is 55.9. The number of rotatable bonds is 43. The van der Waals surface area contributed by atoms with Gasteiger partial charge in [-0.1, -0.05) is 190 Å². The molecule has 0 aliphatic heterocycles. The number of carbonyl (C=O) groups excluding carboxylic acids is 3. The molecule has 6 heteroatoms. The van der Waals surface area contributed by atoms with Crippen molar-refractivity contribution in [3.63, 3.8) is 0 Å². The quantitative estimate of drug-likeness (QED) is 0.0264. The lowest BCUT2D eigenvalue weighted by atomic mass is 10.1. The molecule has 0 radical (unpaired) electrons. The van der Waals surface area contributed by atoms with E-state index in [0.717, 1.165) is 83.5 Å². The molecule has 0 aliphatic rings. The minimum atomic E-state index is -0.794. The maximum atomic E-state index is 12.7. The highest BCUT2D eigenvalue weighted by molar-refractivity contribution is 5.71. The van der Waals surface area contributed by atoms with Crippen LogP contribution in [-0.4, -0.2) is 37.2 Å². The Labute approximate surface area is 363 Å². The van der Waals surface area contributed by atoms with Crippen molar-refractivity contribution in [3.8, 4) is 0 Å². The van der Waals surface area contributed by atoms with E-state index in [0.29, 0.717) is 19.3 Å². The Balaban J connectivity index is 4.33. The molecule has 0 aromatic carbocycles. The summed E-state index contributed by atoms with van der Waals surface area (Å²) in [6.45, 7) is 6.41. The van der Waals surface area contributed by atoms with Crippen LogP contribution in [0.25, 0.3) is 0 Å². The molecule has 59 heavy (non-hydrogen) atoms. The molecule has 0 N–H and O–H groups in total. The lowest BCUT2D eigenvalue weighted by molar-refractivity contribution is -0.167. The van der Waals surface area contributed by atoms with Gasteiger partial charge in [0.2, 0.25) is 0 Å². The fourth-order valence-corrected chi connectivity index (χ4v) is 6.52. The highest BCUT2D eigenvalue weighted by Crippen LogP contribution is 2.14. The van der Waals surface area contributed by atoms with Gasteiger partial charge < -0.3 is 14.2 Å². The van der Waals surface area contributed by atoms with Gasteiger partial charge in [-0.25, -0.2) is 0 Å². The Hall–Kier alpha value is -3.15. The molecule has 0 rings (SSSR count). The maximum absolute atomic E-state index is 12.7. The van der Waals surface area contributed by atoms with Gasteiger partial charge in [0.25, 0.3) is 0 Å². The van der Waals surface area contributed by atoms with Crippen LogP contribution >= 0.6 is 0 Å². The second-order valence-electron chi connectivity index (χ2n) is 16.0. The summed E-state index contributed by atoms with van der Waals surface area (Å²) in [5, 5.41) is 0. The van der Waals surface area contributed by atoms with E-state index in [1.165, 1.54) is 96.3 Å².